The molecule has 1 unspecified atom stereocenters. The first-order valence-corrected chi connectivity index (χ1v) is 6.71. The molecule has 1 amide bonds. The van der Waals surface area contributed by atoms with E-state index in [1.807, 2.05) is 18.2 Å². The summed E-state index contributed by atoms with van der Waals surface area (Å²) >= 11 is 0. The maximum absolute atomic E-state index is 12.2. The number of H-pyrrole nitrogens is 1. The van der Waals surface area contributed by atoms with Crippen LogP contribution in [0.15, 0.2) is 30.6 Å². The van der Waals surface area contributed by atoms with Gasteiger partial charge in [0.2, 0.25) is 0 Å². The van der Waals surface area contributed by atoms with E-state index in [9.17, 15) is 4.79 Å². The average Bonchev–Trinajstić information content (AvgIpc) is 3.07. The summed E-state index contributed by atoms with van der Waals surface area (Å²) < 4.78 is 10.9. The third-order valence-electron chi connectivity index (χ3n) is 3.42. The summed E-state index contributed by atoms with van der Waals surface area (Å²) in [6.07, 6.45) is 5.25. The molecule has 1 aromatic heterocycles. The van der Waals surface area contributed by atoms with Gasteiger partial charge in [-0.1, -0.05) is 6.07 Å². The van der Waals surface area contributed by atoms with Crippen LogP contribution < -0.4 is 10.1 Å². The van der Waals surface area contributed by atoms with Gasteiger partial charge in [-0.05, 0) is 18.2 Å². The van der Waals surface area contributed by atoms with E-state index < -0.39 is 0 Å². The summed E-state index contributed by atoms with van der Waals surface area (Å²) in [6, 6.07) is 5.58. The second kappa shape index (κ2) is 4.75. The lowest BCUT2D eigenvalue weighted by Crippen LogP contribution is -2.06. The molecule has 1 atom stereocenters. The molecule has 1 aromatic carbocycles. The Hall–Kier alpha value is -2.60. The number of aromatic nitrogens is 2. The van der Waals surface area contributed by atoms with Crippen LogP contribution in [0.3, 0.4) is 0 Å². The van der Waals surface area contributed by atoms with Crippen LogP contribution in [-0.4, -0.2) is 35.2 Å². The Kier molecular flexibility index (Phi) is 2.75. The number of hydrogen-bond acceptors (Lipinski definition) is 4. The zero-order valence-electron chi connectivity index (χ0n) is 11.1. The number of benzene rings is 1. The lowest BCUT2D eigenvalue weighted by Gasteiger charge is -2.09. The molecule has 2 N–H and O–H groups in total. The first kappa shape index (κ1) is 12.2. The topological polar surface area (TPSA) is 79.5 Å². The minimum absolute atomic E-state index is 0.153. The highest BCUT2D eigenvalue weighted by Crippen LogP contribution is 2.39. The molecule has 0 bridgehead atoms. The molecule has 106 valence electrons. The Balaban J connectivity index is 1.73. The fourth-order valence-electron chi connectivity index (χ4n) is 2.31. The van der Waals surface area contributed by atoms with Crippen molar-refractivity contribution in [2.75, 3.05) is 18.5 Å². The Labute approximate surface area is 120 Å². The predicted octanol–water partition coefficient (Wildman–Crippen LogP) is 1.68. The molecule has 0 spiro atoms. The molecule has 6 heteroatoms. The number of ether oxygens (including phenoxy) is 2. The van der Waals surface area contributed by atoms with Gasteiger partial charge in [-0.3, -0.25) is 4.79 Å². The van der Waals surface area contributed by atoms with Crippen molar-refractivity contribution >= 4 is 23.2 Å². The number of amides is 1. The van der Waals surface area contributed by atoms with Gasteiger partial charge >= 0.3 is 0 Å². The van der Waals surface area contributed by atoms with E-state index in [0.717, 1.165) is 17.9 Å². The Morgan fingerprint density at radius 3 is 3.14 bits per heavy atom. The van der Waals surface area contributed by atoms with E-state index in [0.29, 0.717) is 23.8 Å². The highest BCUT2D eigenvalue weighted by atomic mass is 16.6. The summed E-state index contributed by atoms with van der Waals surface area (Å²) in [6.45, 7) is 1.24. The fraction of sp³-hybridized carbons (Fsp3) is 0.200. The van der Waals surface area contributed by atoms with Crippen molar-refractivity contribution in [1.82, 2.24) is 9.97 Å². The van der Waals surface area contributed by atoms with Crippen LogP contribution >= 0.6 is 0 Å². The predicted molar refractivity (Wildman–Crippen MR) is 76.8 cm³/mol. The first-order valence-electron chi connectivity index (χ1n) is 6.71. The van der Waals surface area contributed by atoms with Gasteiger partial charge in [0, 0.05) is 12.4 Å². The SMILES string of the molecule is O=C1Nc2cccc(OCC3CO3)c2C1=Cc1ncc[nH]1. The van der Waals surface area contributed by atoms with Crippen LogP contribution in [0.1, 0.15) is 11.4 Å². The summed E-state index contributed by atoms with van der Waals surface area (Å²) in [5.41, 5.74) is 2.08. The van der Waals surface area contributed by atoms with Crippen LogP contribution in [0.2, 0.25) is 0 Å². The van der Waals surface area contributed by atoms with Gasteiger partial charge in [-0.2, -0.15) is 0 Å². The quantitative estimate of drug-likeness (QED) is 0.661. The number of hydrogen-bond donors (Lipinski definition) is 2. The van der Waals surface area contributed by atoms with Crippen LogP contribution in [0.5, 0.6) is 5.75 Å². The number of carbonyl (C=O) groups excluding carboxylic acids is 1. The van der Waals surface area contributed by atoms with Crippen LogP contribution in [0.4, 0.5) is 5.69 Å². The summed E-state index contributed by atoms with van der Waals surface area (Å²) in [7, 11) is 0. The number of carbonyl (C=O) groups is 1. The van der Waals surface area contributed by atoms with Crippen molar-refractivity contribution < 1.29 is 14.3 Å². The molecule has 0 saturated carbocycles. The van der Waals surface area contributed by atoms with E-state index in [2.05, 4.69) is 15.3 Å². The van der Waals surface area contributed by atoms with E-state index in [4.69, 9.17) is 9.47 Å². The normalized spacial score (nSPS) is 21.2. The standard InChI is InChI=1S/C15H13N3O3/c19-15-10(6-13-16-4-5-17-13)14-11(18-15)2-1-3-12(14)21-8-9-7-20-9/h1-6,9H,7-8H2,(H,16,17)(H,18,19). The second-order valence-electron chi connectivity index (χ2n) is 4.93. The lowest BCUT2D eigenvalue weighted by molar-refractivity contribution is -0.110. The molecule has 2 aliphatic heterocycles. The molecule has 21 heavy (non-hydrogen) atoms. The Morgan fingerprint density at radius 2 is 2.38 bits per heavy atom. The van der Waals surface area contributed by atoms with Crippen LogP contribution in [-0.2, 0) is 9.53 Å². The highest BCUT2D eigenvalue weighted by Gasteiger charge is 2.29. The molecule has 1 fully saturated rings. The molecule has 0 aliphatic carbocycles. The number of fused-ring (bicyclic) bond motifs is 1. The minimum Gasteiger partial charge on any atom is -0.490 e. The number of epoxide rings is 1. The van der Waals surface area contributed by atoms with Crippen LogP contribution in [0.25, 0.3) is 11.6 Å². The van der Waals surface area contributed by atoms with E-state index in [-0.39, 0.29) is 12.0 Å². The smallest absolute Gasteiger partial charge is 0.256 e. The number of rotatable bonds is 4. The summed E-state index contributed by atoms with van der Waals surface area (Å²) in [5.74, 6) is 1.16. The maximum Gasteiger partial charge on any atom is 0.256 e. The number of imidazole rings is 1. The second-order valence-corrected chi connectivity index (χ2v) is 4.93. The van der Waals surface area contributed by atoms with Crippen molar-refractivity contribution in [1.29, 1.82) is 0 Å². The maximum atomic E-state index is 12.2. The van der Waals surface area contributed by atoms with Gasteiger partial charge in [-0.15, -0.1) is 0 Å². The lowest BCUT2D eigenvalue weighted by atomic mass is 10.1. The molecule has 2 aromatic rings. The van der Waals surface area contributed by atoms with Gasteiger partial charge < -0.3 is 19.8 Å². The molecule has 0 radical (unpaired) electrons. The number of anilines is 1. The molecule has 3 heterocycles. The number of nitrogens with one attached hydrogen (secondary N) is 2. The van der Waals surface area contributed by atoms with E-state index >= 15 is 0 Å². The summed E-state index contributed by atoms with van der Waals surface area (Å²) in [5, 5.41) is 2.84. The molecule has 1 saturated heterocycles. The minimum atomic E-state index is -0.153. The molecule has 6 nitrogen and oxygen atoms in total. The first-order chi connectivity index (χ1) is 10.3. The van der Waals surface area contributed by atoms with Crippen molar-refractivity contribution in [3.63, 3.8) is 0 Å². The molecular formula is C15H13N3O3. The van der Waals surface area contributed by atoms with Crippen molar-refractivity contribution in [2.45, 2.75) is 6.10 Å². The van der Waals surface area contributed by atoms with Gasteiger partial charge in [0.1, 0.15) is 24.3 Å². The van der Waals surface area contributed by atoms with E-state index in [1.165, 1.54) is 0 Å². The van der Waals surface area contributed by atoms with Gasteiger partial charge in [0.25, 0.3) is 5.91 Å². The Morgan fingerprint density at radius 1 is 1.48 bits per heavy atom. The number of aromatic amines is 1. The zero-order valence-corrected chi connectivity index (χ0v) is 11.1. The van der Waals surface area contributed by atoms with Crippen LogP contribution in [0, 0.1) is 0 Å². The molecule has 4 rings (SSSR count). The number of nitrogens with zero attached hydrogens (tertiary/aromatic N) is 1. The van der Waals surface area contributed by atoms with Gasteiger partial charge in [-0.25, -0.2) is 4.98 Å². The molecular weight excluding hydrogens is 270 g/mol. The average molecular weight is 283 g/mol. The van der Waals surface area contributed by atoms with Crippen molar-refractivity contribution in [3.8, 4) is 5.75 Å². The third-order valence-corrected chi connectivity index (χ3v) is 3.42. The molecule has 2 aliphatic rings. The van der Waals surface area contributed by atoms with Crippen molar-refractivity contribution in [2.24, 2.45) is 0 Å². The third kappa shape index (κ3) is 2.30. The monoisotopic (exact) mass is 283 g/mol. The van der Waals surface area contributed by atoms with Crippen molar-refractivity contribution in [3.05, 3.63) is 42.0 Å². The van der Waals surface area contributed by atoms with E-state index in [1.54, 1.807) is 18.5 Å². The largest absolute Gasteiger partial charge is 0.490 e. The Bertz CT molecular complexity index is 718. The van der Waals surface area contributed by atoms with Gasteiger partial charge in [0.15, 0.2) is 0 Å². The summed E-state index contributed by atoms with van der Waals surface area (Å²) in [4.78, 5) is 19.3. The fourth-order valence-corrected chi connectivity index (χ4v) is 2.31. The van der Waals surface area contributed by atoms with Gasteiger partial charge in [0.05, 0.1) is 23.4 Å². The zero-order chi connectivity index (χ0) is 14.2. The highest BCUT2D eigenvalue weighted by molar-refractivity contribution is 6.35.